The molecule has 0 heterocycles. The van der Waals surface area contributed by atoms with Crippen LogP contribution in [-0.4, -0.2) is 7.11 Å². The van der Waals surface area contributed by atoms with Gasteiger partial charge >= 0.3 is 0 Å². The third kappa shape index (κ3) is 3.05. The minimum atomic E-state index is -0.107. The van der Waals surface area contributed by atoms with Gasteiger partial charge in [0.1, 0.15) is 5.75 Å². The molecule has 2 atom stereocenters. The molecule has 3 heteroatoms. The molecule has 0 amide bonds. The number of nitrogens with two attached hydrogens (primary N) is 1. The number of hydrogen-bond acceptors (Lipinski definition) is 2. The van der Waals surface area contributed by atoms with Crippen LogP contribution in [0.15, 0.2) is 46.9 Å². The van der Waals surface area contributed by atoms with Gasteiger partial charge in [-0.3, -0.25) is 0 Å². The molecule has 0 fully saturated rings. The van der Waals surface area contributed by atoms with Crippen molar-refractivity contribution in [2.45, 2.75) is 25.8 Å². The summed E-state index contributed by atoms with van der Waals surface area (Å²) in [6.45, 7) is 4.19. The molecular formula is C17H20BrNO. The van der Waals surface area contributed by atoms with Crippen molar-refractivity contribution in [3.05, 3.63) is 63.6 Å². The highest BCUT2D eigenvalue weighted by Crippen LogP contribution is 2.36. The maximum atomic E-state index is 6.47. The molecule has 2 nitrogen and oxygen atoms in total. The topological polar surface area (TPSA) is 35.2 Å². The lowest BCUT2D eigenvalue weighted by Gasteiger charge is -2.23. The van der Waals surface area contributed by atoms with E-state index in [2.05, 4.69) is 41.1 Å². The van der Waals surface area contributed by atoms with Crippen LogP contribution in [0.2, 0.25) is 0 Å². The Morgan fingerprint density at radius 2 is 1.80 bits per heavy atom. The molecule has 0 spiro atoms. The predicted molar refractivity (Wildman–Crippen MR) is 87.2 cm³/mol. The maximum absolute atomic E-state index is 6.47. The highest BCUT2D eigenvalue weighted by Gasteiger charge is 2.21. The van der Waals surface area contributed by atoms with Gasteiger partial charge in [-0.05, 0) is 30.2 Å². The Bertz CT molecular complexity index is 583. The smallest absolute Gasteiger partial charge is 0.123 e. The molecule has 0 saturated carbocycles. The van der Waals surface area contributed by atoms with Crippen molar-refractivity contribution in [1.82, 2.24) is 0 Å². The number of aryl methyl sites for hydroxylation is 1. The molecule has 0 bridgehead atoms. The van der Waals surface area contributed by atoms with Gasteiger partial charge in [0.2, 0.25) is 0 Å². The normalized spacial score (nSPS) is 13.8. The summed E-state index contributed by atoms with van der Waals surface area (Å²) in [5.74, 6) is 1.07. The summed E-state index contributed by atoms with van der Waals surface area (Å²) in [6, 6.07) is 14.3. The van der Waals surface area contributed by atoms with Crippen LogP contribution in [0.4, 0.5) is 0 Å². The van der Waals surface area contributed by atoms with Crippen molar-refractivity contribution >= 4 is 15.9 Å². The standard InChI is InChI=1S/C17H20BrNO/c1-11-9-16(20-3)14(10-15(11)18)17(19)12(2)13-7-5-4-6-8-13/h4-10,12,17H,19H2,1-3H3. The van der Waals surface area contributed by atoms with E-state index in [0.29, 0.717) is 0 Å². The van der Waals surface area contributed by atoms with E-state index in [9.17, 15) is 0 Å². The first-order valence-electron chi connectivity index (χ1n) is 6.69. The zero-order chi connectivity index (χ0) is 14.7. The number of ether oxygens (including phenoxy) is 1. The van der Waals surface area contributed by atoms with Gasteiger partial charge in [-0.15, -0.1) is 0 Å². The summed E-state index contributed by atoms with van der Waals surface area (Å²) in [7, 11) is 1.69. The largest absolute Gasteiger partial charge is 0.496 e. The Morgan fingerprint density at radius 1 is 1.15 bits per heavy atom. The number of hydrogen-bond donors (Lipinski definition) is 1. The quantitative estimate of drug-likeness (QED) is 0.889. The van der Waals surface area contributed by atoms with Gasteiger partial charge in [-0.25, -0.2) is 0 Å². The Balaban J connectivity index is 2.38. The van der Waals surface area contributed by atoms with Crippen molar-refractivity contribution in [2.24, 2.45) is 5.73 Å². The first-order valence-corrected chi connectivity index (χ1v) is 7.48. The van der Waals surface area contributed by atoms with E-state index in [1.165, 1.54) is 5.56 Å². The average molecular weight is 334 g/mol. The zero-order valence-corrected chi connectivity index (χ0v) is 13.6. The molecule has 0 aromatic heterocycles. The van der Waals surface area contributed by atoms with Gasteiger partial charge in [-0.2, -0.15) is 0 Å². The molecule has 106 valence electrons. The molecule has 2 rings (SSSR count). The molecule has 0 aliphatic heterocycles. The van der Waals surface area contributed by atoms with Crippen molar-refractivity contribution in [1.29, 1.82) is 0 Å². The van der Waals surface area contributed by atoms with Crippen molar-refractivity contribution < 1.29 is 4.74 Å². The molecule has 0 saturated heterocycles. The highest BCUT2D eigenvalue weighted by molar-refractivity contribution is 9.10. The lowest BCUT2D eigenvalue weighted by atomic mass is 9.88. The summed E-state index contributed by atoms with van der Waals surface area (Å²) < 4.78 is 6.55. The molecule has 0 aliphatic rings. The number of rotatable bonds is 4. The second kappa shape index (κ2) is 6.42. The zero-order valence-electron chi connectivity index (χ0n) is 12.1. The molecule has 20 heavy (non-hydrogen) atoms. The van der Waals surface area contributed by atoms with E-state index in [0.717, 1.165) is 21.3 Å². The minimum absolute atomic E-state index is 0.107. The van der Waals surface area contributed by atoms with Crippen LogP contribution in [0, 0.1) is 6.92 Å². The van der Waals surface area contributed by atoms with E-state index in [1.54, 1.807) is 7.11 Å². The Labute approximate surface area is 129 Å². The summed E-state index contributed by atoms with van der Waals surface area (Å²) >= 11 is 3.57. The first kappa shape index (κ1) is 15.1. The molecule has 2 aromatic carbocycles. The molecule has 0 radical (unpaired) electrons. The number of benzene rings is 2. The molecule has 2 unspecified atom stereocenters. The monoisotopic (exact) mass is 333 g/mol. The fraction of sp³-hybridized carbons (Fsp3) is 0.294. The van der Waals surface area contributed by atoms with Crippen LogP contribution in [0.25, 0.3) is 0 Å². The molecule has 2 aromatic rings. The Kier molecular flexibility index (Phi) is 4.84. The van der Waals surface area contributed by atoms with Crippen LogP contribution in [0.3, 0.4) is 0 Å². The van der Waals surface area contributed by atoms with Gasteiger partial charge in [-0.1, -0.05) is 53.2 Å². The number of halogens is 1. The van der Waals surface area contributed by atoms with Crippen molar-refractivity contribution in [3.8, 4) is 5.75 Å². The van der Waals surface area contributed by atoms with E-state index >= 15 is 0 Å². The second-order valence-electron chi connectivity index (χ2n) is 5.07. The summed E-state index contributed by atoms with van der Waals surface area (Å²) in [5, 5.41) is 0. The van der Waals surface area contributed by atoms with Gasteiger partial charge in [0, 0.05) is 22.0 Å². The average Bonchev–Trinajstić information content (AvgIpc) is 2.49. The molecule has 2 N–H and O–H groups in total. The van der Waals surface area contributed by atoms with Crippen LogP contribution >= 0.6 is 15.9 Å². The predicted octanol–water partition coefficient (Wildman–Crippen LogP) is 4.57. The summed E-state index contributed by atoms with van der Waals surface area (Å²) in [4.78, 5) is 0. The Hall–Kier alpha value is -1.32. The SMILES string of the molecule is COc1cc(C)c(Br)cc1C(N)C(C)c1ccccc1. The van der Waals surface area contributed by atoms with E-state index in [4.69, 9.17) is 10.5 Å². The van der Waals surface area contributed by atoms with Crippen LogP contribution in [-0.2, 0) is 0 Å². The van der Waals surface area contributed by atoms with Gasteiger partial charge in [0.15, 0.2) is 0 Å². The maximum Gasteiger partial charge on any atom is 0.123 e. The fourth-order valence-corrected chi connectivity index (χ4v) is 2.70. The fourth-order valence-electron chi connectivity index (χ4n) is 2.34. The van der Waals surface area contributed by atoms with Gasteiger partial charge in [0.05, 0.1) is 7.11 Å². The van der Waals surface area contributed by atoms with E-state index in [1.807, 2.05) is 31.2 Å². The third-order valence-corrected chi connectivity index (χ3v) is 4.59. The van der Waals surface area contributed by atoms with Crippen molar-refractivity contribution in [3.63, 3.8) is 0 Å². The molecule has 0 aliphatic carbocycles. The Morgan fingerprint density at radius 3 is 2.40 bits per heavy atom. The van der Waals surface area contributed by atoms with Crippen LogP contribution < -0.4 is 10.5 Å². The summed E-state index contributed by atoms with van der Waals surface area (Å²) in [6.07, 6.45) is 0. The second-order valence-corrected chi connectivity index (χ2v) is 5.92. The lowest BCUT2D eigenvalue weighted by molar-refractivity contribution is 0.401. The summed E-state index contributed by atoms with van der Waals surface area (Å²) in [5.41, 5.74) is 9.87. The number of methoxy groups -OCH3 is 1. The lowest BCUT2D eigenvalue weighted by Crippen LogP contribution is -2.18. The van der Waals surface area contributed by atoms with Crippen LogP contribution in [0.5, 0.6) is 5.75 Å². The van der Waals surface area contributed by atoms with Crippen molar-refractivity contribution in [2.75, 3.05) is 7.11 Å². The minimum Gasteiger partial charge on any atom is -0.496 e. The first-order chi connectivity index (χ1) is 9.54. The van der Waals surface area contributed by atoms with Gasteiger partial charge < -0.3 is 10.5 Å². The molecular weight excluding hydrogens is 314 g/mol. The highest BCUT2D eigenvalue weighted by atomic mass is 79.9. The third-order valence-electron chi connectivity index (χ3n) is 3.73. The van der Waals surface area contributed by atoms with Gasteiger partial charge in [0.25, 0.3) is 0 Å². The van der Waals surface area contributed by atoms with E-state index < -0.39 is 0 Å². The van der Waals surface area contributed by atoms with Crippen LogP contribution in [0.1, 0.15) is 35.6 Å². The van der Waals surface area contributed by atoms with E-state index in [-0.39, 0.29) is 12.0 Å².